The van der Waals surface area contributed by atoms with Crippen molar-refractivity contribution in [3.63, 3.8) is 0 Å². The average Bonchev–Trinajstić information content (AvgIpc) is 2.60. The lowest BCUT2D eigenvalue weighted by Gasteiger charge is -2.13. The fourth-order valence-corrected chi connectivity index (χ4v) is 3.19. The molecule has 0 N–H and O–H groups in total. The zero-order chi connectivity index (χ0) is 21.3. The van der Waals surface area contributed by atoms with Crippen molar-refractivity contribution in [3.8, 4) is 11.1 Å². The Hall–Kier alpha value is -2.83. The van der Waals surface area contributed by atoms with E-state index in [0.717, 1.165) is 12.1 Å². The van der Waals surface area contributed by atoms with Gasteiger partial charge in [0.2, 0.25) is 0 Å². The minimum atomic E-state index is -5.32. The van der Waals surface area contributed by atoms with E-state index in [4.69, 9.17) is 0 Å². The molecule has 29 heavy (non-hydrogen) atoms. The lowest BCUT2D eigenvalue weighted by atomic mass is 9.96. The van der Waals surface area contributed by atoms with E-state index >= 15 is 0 Å². The van der Waals surface area contributed by atoms with Crippen molar-refractivity contribution in [1.29, 1.82) is 0 Å². The van der Waals surface area contributed by atoms with Gasteiger partial charge in [0, 0.05) is 5.56 Å². The van der Waals surface area contributed by atoms with Crippen molar-refractivity contribution in [3.05, 3.63) is 82.9 Å². The Bertz CT molecular complexity index is 1090. The van der Waals surface area contributed by atoms with Crippen LogP contribution in [0.25, 0.3) is 21.9 Å². The van der Waals surface area contributed by atoms with Crippen LogP contribution < -0.4 is 0 Å². The molecule has 152 valence electrons. The highest BCUT2D eigenvalue weighted by molar-refractivity contribution is 5.89. The van der Waals surface area contributed by atoms with Crippen LogP contribution in [-0.4, -0.2) is 0 Å². The van der Waals surface area contributed by atoms with Crippen molar-refractivity contribution < 1.29 is 30.7 Å². The van der Waals surface area contributed by atoms with Gasteiger partial charge in [-0.05, 0) is 60.5 Å². The smallest absolute Gasteiger partial charge is 0.206 e. The molecule has 7 heteroatoms. The van der Waals surface area contributed by atoms with Crippen molar-refractivity contribution in [1.82, 2.24) is 0 Å². The normalized spacial score (nSPS) is 12.3. The second-order valence-corrected chi connectivity index (χ2v) is 6.52. The maximum atomic E-state index is 14.5. The number of hydrogen-bond donors (Lipinski definition) is 0. The molecule has 0 fully saturated rings. The van der Waals surface area contributed by atoms with Gasteiger partial charge < -0.3 is 0 Å². The van der Waals surface area contributed by atoms with E-state index < -0.39 is 45.8 Å². The molecule has 0 nitrogen and oxygen atoms in total. The fraction of sp³-hybridized carbons (Fsp3) is 0.182. The summed E-state index contributed by atoms with van der Waals surface area (Å²) in [7, 11) is 0. The lowest BCUT2D eigenvalue weighted by molar-refractivity contribution is -0.142. The number of aryl methyl sites for hydroxylation is 1. The highest BCUT2D eigenvalue weighted by Gasteiger charge is 2.39. The molecular weight excluding hydrogens is 397 g/mol. The van der Waals surface area contributed by atoms with E-state index in [9.17, 15) is 30.7 Å². The molecule has 0 radical (unpaired) electrons. The molecule has 0 spiro atoms. The van der Waals surface area contributed by atoms with Crippen LogP contribution in [0.5, 0.6) is 0 Å². The summed E-state index contributed by atoms with van der Waals surface area (Å²) in [4.78, 5) is 0. The van der Waals surface area contributed by atoms with Gasteiger partial charge in [0.25, 0.3) is 0 Å². The monoisotopic (exact) mass is 412 g/mol. The molecule has 0 atom stereocenters. The zero-order valence-corrected chi connectivity index (χ0v) is 15.2. The first-order valence-corrected chi connectivity index (χ1v) is 8.72. The fourth-order valence-electron chi connectivity index (χ4n) is 3.19. The summed E-state index contributed by atoms with van der Waals surface area (Å²) >= 11 is 0. The lowest BCUT2D eigenvalue weighted by Crippen LogP contribution is -2.12. The Balaban J connectivity index is 2.11. The van der Waals surface area contributed by atoms with Gasteiger partial charge in [-0.2, -0.15) is 13.2 Å². The summed E-state index contributed by atoms with van der Waals surface area (Å²) in [5.41, 5.74) is -1.52. The molecule has 0 saturated carbocycles. The van der Waals surface area contributed by atoms with Crippen LogP contribution >= 0.6 is 0 Å². The molecule has 0 aliphatic carbocycles. The van der Waals surface area contributed by atoms with Gasteiger partial charge in [0.15, 0.2) is 0 Å². The van der Waals surface area contributed by atoms with Crippen LogP contribution in [0.1, 0.15) is 24.5 Å². The first kappa shape index (κ1) is 20.9. The van der Waals surface area contributed by atoms with Crippen LogP contribution in [-0.2, 0) is 12.6 Å². The third kappa shape index (κ3) is 4.13. The summed E-state index contributed by atoms with van der Waals surface area (Å²) < 4.78 is 95.6. The molecular formula is C22H15F7. The summed E-state index contributed by atoms with van der Waals surface area (Å²) in [5, 5.41) is -1.43. The van der Waals surface area contributed by atoms with Gasteiger partial charge in [-0.1, -0.05) is 24.3 Å². The highest BCUT2D eigenvalue weighted by Crippen LogP contribution is 2.39. The molecule has 0 aromatic heterocycles. The molecule has 3 aromatic rings. The van der Waals surface area contributed by atoms with Gasteiger partial charge in [-0.15, -0.1) is 0 Å². The topological polar surface area (TPSA) is 0 Å². The number of fused-ring (bicyclic) bond motifs is 1. The number of rotatable bonds is 4. The van der Waals surface area contributed by atoms with Crippen molar-refractivity contribution in [2.45, 2.75) is 25.9 Å². The third-order valence-electron chi connectivity index (χ3n) is 4.54. The van der Waals surface area contributed by atoms with E-state index in [1.54, 1.807) is 6.07 Å². The number of halogens is 7. The standard InChI is InChI=1S/C22H15F7/c1-2-3-4-5-12-6-7-15(16(23)8-12)13-9-14-11-18(25)20(22(27,28)29)21(26)19(14)17(24)10-13/h2-3,6-11H,4-5H2,1H3/b3-2+. The summed E-state index contributed by atoms with van der Waals surface area (Å²) in [6, 6.07) is 6.51. The largest absolute Gasteiger partial charge is 0.422 e. The van der Waals surface area contributed by atoms with Crippen LogP contribution in [0, 0.1) is 23.3 Å². The Kier molecular flexibility index (Phi) is 5.68. The number of hydrogen-bond acceptors (Lipinski definition) is 0. The highest BCUT2D eigenvalue weighted by atomic mass is 19.4. The zero-order valence-electron chi connectivity index (χ0n) is 15.2. The number of alkyl halides is 3. The molecule has 0 bridgehead atoms. The van der Waals surface area contributed by atoms with E-state index in [1.807, 2.05) is 19.1 Å². The molecule has 0 heterocycles. The number of allylic oxidation sites excluding steroid dienone is 2. The molecule has 3 aromatic carbocycles. The second kappa shape index (κ2) is 7.89. The minimum absolute atomic E-state index is 0.0266. The molecule has 3 rings (SSSR count). The quantitative estimate of drug-likeness (QED) is 0.306. The van der Waals surface area contributed by atoms with Crippen molar-refractivity contribution >= 4 is 10.8 Å². The van der Waals surface area contributed by atoms with Gasteiger partial charge >= 0.3 is 6.18 Å². The molecule has 0 saturated heterocycles. The molecule has 0 aliphatic heterocycles. The maximum Gasteiger partial charge on any atom is 0.422 e. The molecule has 0 amide bonds. The third-order valence-corrected chi connectivity index (χ3v) is 4.54. The minimum Gasteiger partial charge on any atom is -0.206 e. The predicted molar refractivity (Wildman–Crippen MR) is 97.4 cm³/mol. The van der Waals surface area contributed by atoms with Crippen LogP contribution in [0.3, 0.4) is 0 Å². The predicted octanol–water partition coefficient (Wildman–Crippen LogP) is 7.59. The van der Waals surface area contributed by atoms with Gasteiger partial charge in [0.1, 0.15) is 28.8 Å². The Morgan fingerprint density at radius 2 is 1.59 bits per heavy atom. The first-order chi connectivity index (χ1) is 13.6. The van der Waals surface area contributed by atoms with Crippen LogP contribution in [0.15, 0.2) is 48.6 Å². The molecule has 0 aliphatic rings. The van der Waals surface area contributed by atoms with E-state index in [0.29, 0.717) is 24.5 Å². The average molecular weight is 412 g/mol. The van der Waals surface area contributed by atoms with E-state index in [2.05, 4.69) is 0 Å². The Morgan fingerprint density at radius 1 is 0.862 bits per heavy atom. The Labute approximate surface area is 162 Å². The van der Waals surface area contributed by atoms with Crippen molar-refractivity contribution in [2.75, 3.05) is 0 Å². The Morgan fingerprint density at radius 3 is 2.21 bits per heavy atom. The SMILES string of the molecule is C/C=C/CCc1ccc(-c2cc(F)c3c(F)c(C(F)(F)F)c(F)cc3c2)c(F)c1. The van der Waals surface area contributed by atoms with E-state index in [-0.39, 0.29) is 11.1 Å². The van der Waals surface area contributed by atoms with E-state index in [1.165, 1.54) is 12.1 Å². The van der Waals surface area contributed by atoms with Crippen LogP contribution in [0.4, 0.5) is 30.7 Å². The second-order valence-electron chi connectivity index (χ2n) is 6.52. The summed E-state index contributed by atoms with van der Waals surface area (Å²) in [6.45, 7) is 1.86. The van der Waals surface area contributed by atoms with Crippen LogP contribution in [0.2, 0.25) is 0 Å². The van der Waals surface area contributed by atoms with Gasteiger partial charge in [-0.25, -0.2) is 17.6 Å². The first-order valence-electron chi connectivity index (χ1n) is 8.72. The molecule has 0 unspecified atom stereocenters. The van der Waals surface area contributed by atoms with Gasteiger partial charge in [-0.3, -0.25) is 0 Å². The maximum absolute atomic E-state index is 14.5. The van der Waals surface area contributed by atoms with Gasteiger partial charge in [0.05, 0.1) is 5.39 Å². The number of benzene rings is 3. The summed E-state index contributed by atoms with van der Waals surface area (Å²) in [5.74, 6) is -5.90. The summed E-state index contributed by atoms with van der Waals surface area (Å²) in [6.07, 6.45) is -0.236. The van der Waals surface area contributed by atoms with Crippen molar-refractivity contribution in [2.24, 2.45) is 0 Å².